The average molecular weight is 541 g/mol. The van der Waals surface area contributed by atoms with Gasteiger partial charge in [0.2, 0.25) is 0 Å². The monoisotopic (exact) mass is 540 g/mol. The Balaban J connectivity index is 1.52. The predicted molar refractivity (Wildman–Crippen MR) is 144 cm³/mol. The third kappa shape index (κ3) is 5.09. The molecule has 3 aromatic carbocycles. The van der Waals surface area contributed by atoms with Crippen molar-refractivity contribution in [3.8, 4) is 11.8 Å². The Kier molecular flexibility index (Phi) is 7.24. The maximum absolute atomic E-state index is 13.5. The van der Waals surface area contributed by atoms with E-state index in [9.17, 15) is 10.1 Å². The average Bonchev–Trinajstić information content (AvgIpc) is 2.92. The second-order valence-electron chi connectivity index (χ2n) is 8.92. The lowest BCUT2D eigenvalue weighted by Gasteiger charge is -2.22. The van der Waals surface area contributed by atoms with E-state index in [-0.39, 0.29) is 18.1 Å². The zero-order valence-electron chi connectivity index (χ0n) is 19.7. The summed E-state index contributed by atoms with van der Waals surface area (Å²) in [7, 11) is 0. The van der Waals surface area contributed by atoms with Gasteiger partial charge in [0.1, 0.15) is 18.2 Å². The van der Waals surface area contributed by atoms with Crippen molar-refractivity contribution in [1.82, 2.24) is 9.66 Å². The second kappa shape index (κ2) is 10.9. The molecule has 0 unspecified atom stereocenters. The first-order chi connectivity index (χ1) is 17.6. The summed E-state index contributed by atoms with van der Waals surface area (Å²) in [5, 5.41) is 14.6. The third-order valence-corrected chi connectivity index (χ3v) is 7.05. The predicted octanol–water partition coefficient (Wildman–Crippen LogP) is 6.54. The van der Waals surface area contributed by atoms with Crippen LogP contribution in [0.15, 0.2) is 81.1 Å². The standard InChI is InChI=1S/C29H25BrN4O2/c30-24-14-15-27(36-19-22-11-5-4-10-21(22)17-31)23(16-24)18-32-34-28(20-8-2-1-3-9-20)33-26-13-7-6-12-25(26)29(34)35/h4-7,10-16,18,20H,1-3,8-9,19H2. The fourth-order valence-corrected chi connectivity index (χ4v) is 5.04. The number of benzene rings is 3. The molecule has 0 N–H and O–H groups in total. The fraction of sp³-hybridized carbons (Fsp3) is 0.241. The van der Waals surface area contributed by atoms with Gasteiger partial charge < -0.3 is 4.74 Å². The molecule has 0 saturated heterocycles. The van der Waals surface area contributed by atoms with E-state index in [0.717, 1.165) is 41.5 Å². The molecule has 1 aromatic heterocycles. The Morgan fingerprint density at radius 2 is 1.86 bits per heavy atom. The zero-order valence-corrected chi connectivity index (χ0v) is 21.3. The van der Waals surface area contributed by atoms with Crippen molar-refractivity contribution in [1.29, 1.82) is 5.26 Å². The van der Waals surface area contributed by atoms with Gasteiger partial charge in [0.25, 0.3) is 5.56 Å². The minimum absolute atomic E-state index is 0.169. The maximum Gasteiger partial charge on any atom is 0.282 e. The molecule has 1 saturated carbocycles. The molecular formula is C29H25BrN4O2. The van der Waals surface area contributed by atoms with E-state index >= 15 is 0 Å². The fourth-order valence-electron chi connectivity index (χ4n) is 4.66. The highest BCUT2D eigenvalue weighted by Gasteiger charge is 2.22. The molecule has 0 amide bonds. The van der Waals surface area contributed by atoms with Crippen molar-refractivity contribution >= 4 is 33.0 Å². The largest absolute Gasteiger partial charge is 0.488 e. The summed E-state index contributed by atoms with van der Waals surface area (Å²) in [4.78, 5) is 18.4. The van der Waals surface area contributed by atoms with Gasteiger partial charge in [0.15, 0.2) is 0 Å². The molecule has 0 atom stereocenters. The number of aromatic nitrogens is 2. The van der Waals surface area contributed by atoms with Gasteiger partial charge in [-0.1, -0.05) is 65.5 Å². The number of hydrogen-bond acceptors (Lipinski definition) is 5. The summed E-state index contributed by atoms with van der Waals surface area (Å²) in [6, 6.07) is 22.6. The Morgan fingerprint density at radius 3 is 2.69 bits per heavy atom. The highest BCUT2D eigenvalue weighted by molar-refractivity contribution is 9.10. The van der Waals surface area contributed by atoms with Gasteiger partial charge in [-0.2, -0.15) is 15.0 Å². The molecule has 1 heterocycles. The van der Waals surface area contributed by atoms with Crippen LogP contribution in [0.3, 0.4) is 0 Å². The van der Waals surface area contributed by atoms with E-state index in [1.807, 2.05) is 54.6 Å². The number of halogens is 1. The van der Waals surface area contributed by atoms with Crippen molar-refractivity contribution in [2.45, 2.75) is 44.6 Å². The van der Waals surface area contributed by atoms with E-state index < -0.39 is 0 Å². The molecule has 6 nitrogen and oxygen atoms in total. The second-order valence-corrected chi connectivity index (χ2v) is 9.84. The Labute approximate surface area is 218 Å². The lowest BCUT2D eigenvalue weighted by atomic mass is 9.88. The van der Waals surface area contributed by atoms with Crippen LogP contribution in [0.5, 0.6) is 5.75 Å². The molecule has 0 aliphatic heterocycles. The molecule has 0 spiro atoms. The smallest absolute Gasteiger partial charge is 0.282 e. The van der Waals surface area contributed by atoms with Gasteiger partial charge in [-0.15, -0.1) is 0 Å². The van der Waals surface area contributed by atoms with Crippen LogP contribution in [0.2, 0.25) is 0 Å². The summed E-state index contributed by atoms with van der Waals surface area (Å²) in [5.74, 6) is 1.53. The minimum Gasteiger partial charge on any atom is -0.488 e. The van der Waals surface area contributed by atoms with Crippen LogP contribution >= 0.6 is 15.9 Å². The van der Waals surface area contributed by atoms with Gasteiger partial charge in [-0.05, 0) is 49.2 Å². The Hall–Kier alpha value is -3.76. The molecule has 0 radical (unpaired) electrons. The van der Waals surface area contributed by atoms with Crippen molar-refractivity contribution in [3.05, 3.63) is 104 Å². The Morgan fingerprint density at radius 1 is 1.08 bits per heavy atom. The van der Waals surface area contributed by atoms with E-state index in [4.69, 9.17) is 9.72 Å². The molecule has 5 rings (SSSR count). The van der Waals surface area contributed by atoms with Crippen molar-refractivity contribution < 1.29 is 4.74 Å². The number of ether oxygens (including phenoxy) is 1. The van der Waals surface area contributed by atoms with Crippen LogP contribution in [-0.2, 0) is 6.61 Å². The molecule has 0 bridgehead atoms. The first-order valence-electron chi connectivity index (χ1n) is 12.1. The maximum atomic E-state index is 13.5. The molecule has 1 fully saturated rings. The van der Waals surface area contributed by atoms with Crippen LogP contribution in [0.1, 0.15) is 60.5 Å². The summed E-state index contributed by atoms with van der Waals surface area (Å²) in [5.41, 5.74) is 2.64. The molecule has 36 heavy (non-hydrogen) atoms. The van der Waals surface area contributed by atoms with Crippen LogP contribution in [0, 0.1) is 11.3 Å². The number of fused-ring (bicyclic) bond motifs is 1. The first-order valence-corrected chi connectivity index (χ1v) is 12.9. The van der Waals surface area contributed by atoms with Crippen molar-refractivity contribution in [2.75, 3.05) is 0 Å². The van der Waals surface area contributed by atoms with Crippen LogP contribution in [-0.4, -0.2) is 15.9 Å². The van der Waals surface area contributed by atoms with Crippen LogP contribution in [0.4, 0.5) is 0 Å². The number of hydrogen-bond donors (Lipinski definition) is 0. The number of rotatable bonds is 6. The summed E-state index contributed by atoms with van der Waals surface area (Å²) in [6.07, 6.45) is 7.13. The quantitative estimate of drug-likeness (QED) is 0.260. The van der Waals surface area contributed by atoms with Gasteiger partial charge in [-0.3, -0.25) is 4.79 Å². The van der Waals surface area contributed by atoms with Crippen molar-refractivity contribution in [2.24, 2.45) is 5.10 Å². The SMILES string of the molecule is N#Cc1ccccc1COc1ccc(Br)cc1C=Nn1c(C2CCCCC2)nc2ccccc2c1=O. The van der Waals surface area contributed by atoms with E-state index in [1.54, 1.807) is 18.3 Å². The lowest BCUT2D eigenvalue weighted by molar-refractivity contribution is 0.305. The minimum atomic E-state index is -0.169. The normalized spacial score (nSPS) is 14.2. The highest BCUT2D eigenvalue weighted by Crippen LogP contribution is 2.32. The molecule has 1 aliphatic carbocycles. The summed E-state index contributed by atoms with van der Waals surface area (Å²) >= 11 is 3.52. The van der Waals surface area contributed by atoms with Crippen LogP contribution < -0.4 is 10.3 Å². The van der Waals surface area contributed by atoms with Gasteiger partial charge in [0, 0.05) is 21.5 Å². The highest BCUT2D eigenvalue weighted by atomic mass is 79.9. The topological polar surface area (TPSA) is 80.3 Å². The molecule has 7 heteroatoms. The van der Waals surface area contributed by atoms with Gasteiger partial charge >= 0.3 is 0 Å². The summed E-state index contributed by atoms with van der Waals surface area (Å²) in [6.45, 7) is 0.247. The number of para-hydroxylation sites is 1. The molecular weight excluding hydrogens is 516 g/mol. The van der Waals surface area contributed by atoms with E-state index in [1.165, 1.54) is 11.1 Å². The van der Waals surface area contributed by atoms with Gasteiger partial charge in [0.05, 0.1) is 28.8 Å². The lowest BCUT2D eigenvalue weighted by Crippen LogP contribution is -2.25. The third-order valence-electron chi connectivity index (χ3n) is 6.55. The molecule has 4 aromatic rings. The van der Waals surface area contributed by atoms with Crippen LogP contribution in [0.25, 0.3) is 10.9 Å². The van der Waals surface area contributed by atoms with E-state index in [0.29, 0.717) is 27.8 Å². The molecule has 1 aliphatic rings. The number of nitrogens with zero attached hydrogens (tertiary/aromatic N) is 4. The van der Waals surface area contributed by atoms with Crippen molar-refractivity contribution in [3.63, 3.8) is 0 Å². The van der Waals surface area contributed by atoms with E-state index in [2.05, 4.69) is 27.1 Å². The Bertz CT molecular complexity index is 1530. The van der Waals surface area contributed by atoms with Gasteiger partial charge in [-0.25, -0.2) is 4.98 Å². The molecule has 180 valence electrons. The zero-order chi connectivity index (χ0) is 24.9. The first kappa shape index (κ1) is 24.0. The summed E-state index contributed by atoms with van der Waals surface area (Å²) < 4.78 is 8.42. The number of nitriles is 1.